The fraction of sp³-hybridized carbons (Fsp3) is 0.781. The summed E-state index contributed by atoms with van der Waals surface area (Å²) in [7, 11) is 2.19. The van der Waals surface area contributed by atoms with Gasteiger partial charge in [0.25, 0.3) is 0 Å². The number of aliphatic hydroxyl groups excluding tert-OH is 1. The molecule has 0 aromatic carbocycles. The van der Waals surface area contributed by atoms with Crippen molar-refractivity contribution >= 4 is 11.9 Å². The normalized spacial score (nSPS) is 23.2. The van der Waals surface area contributed by atoms with E-state index in [1.54, 1.807) is 6.08 Å². The highest BCUT2D eigenvalue weighted by Gasteiger charge is 2.49. The fourth-order valence-corrected chi connectivity index (χ4v) is 6.92. The summed E-state index contributed by atoms with van der Waals surface area (Å²) in [6, 6.07) is 0.480. The van der Waals surface area contributed by atoms with Crippen molar-refractivity contribution in [3.8, 4) is 6.01 Å². The van der Waals surface area contributed by atoms with E-state index in [1.165, 1.54) is 6.08 Å². The molecule has 0 spiro atoms. The van der Waals surface area contributed by atoms with Crippen molar-refractivity contribution in [2.45, 2.75) is 141 Å². The first-order chi connectivity index (χ1) is 19.5. The number of likely N-dealkylation sites (tertiary alicyclic amines) is 1. The van der Waals surface area contributed by atoms with Crippen LogP contribution < -0.4 is 15.0 Å². The predicted molar refractivity (Wildman–Crippen MR) is 171 cm³/mol. The summed E-state index contributed by atoms with van der Waals surface area (Å²) in [6.45, 7) is 28.7. The second-order valence-electron chi connectivity index (χ2n) is 14.5. The molecule has 42 heavy (non-hydrogen) atoms. The van der Waals surface area contributed by atoms with Gasteiger partial charge in [-0.05, 0) is 87.8 Å². The van der Waals surface area contributed by atoms with Gasteiger partial charge in [0.1, 0.15) is 6.10 Å². The van der Waals surface area contributed by atoms with Crippen LogP contribution in [0.25, 0.3) is 0 Å². The first-order valence-electron chi connectivity index (χ1n) is 15.5. The number of hydrogen-bond acceptors (Lipinski definition) is 10. The topological polar surface area (TPSA) is 99.1 Å². The lowest BCUT2D eigenvalue weighted by atomic mass is 9.78. The van der Waals surface area contributed by atoms with Crippen molar-refractivity contribution in [2.24, 2.45) is 0 Å². The third-order valence-corrected chi connectivity index (χ3v) is 8.99. The summed E-state index contributed by atoms with van der Waals surface area (Å²) >= 11 is 0. The summed E-state index contributed by atoms with van der Waals surface area (Å²) in [6.07, 6.45) is 7.49. The molecule has 3 rings (SSSR count). The van der Waals surface area contributed by atoms with Crippen LogP contribution in [0.5, 0.6) is 6.01 Å². The predicted octanol–water partition coefficient (Wildman–Crippen LogP) is 5.56. The summed E-state index contributed by atoms with van der Waals surface area (Å²) in [5.74, 6) is 1.10. The van der Waals surface area contributed by atoms with Crippen LogP contribution in [-0.4, -0.2) is 90.8 Å². The molecule has 0 bridgehead atoms. The van der Waals surface area contributed by atoms with E-state index in [1.807, 2.05) is 5.06 Å². The molecule has 10 heteroatoms. The second-order valence-corrected chi connectivity index (χ2v) is 14.5. The van der Waals surface area contributed by atoms with E-state index in [0.717, 1.165) is 45.1 Å². The molecule has 1 aromatic rings. The molecule has 0 radical (unpaired) electrons. The number of nitrogens with zero attached hydrogens (tertiary/aromatic N) is 6. The van der Waals surface area contributed by atoms with Crippen LogP contribution in [0.3, 0.4) is 0 Å². The van der Waals surface area contributed by atoms with Crippen molar-refractivity contribution < 1.29 is 14.7 Å². The van der Waals surface area contributed by atoms with Crippen molar-refractivity contribution in [1.29, 1.82) is 0 Å². The summed E-state index contributed by atoms with van der Waals surface area (Å²) < 4.78 is 6.59. The van der Waals surface area contributed by atoms with Crippen LogP contribution in [0, 0.1) is 0 Å². The van der Waals surface area contributed by atoms with Gasteiger partial charge in [0.15, 0.2) is 6.29 Å². The van der Waals surface area contributed by atoms with Crippen molar-refractivity contribution in [3.05, 3.63) is 25.3 Å². The minimum absolute atomic E-state index is 0.0210. The summed E-state index contributed by atoms with van der Waals surface area (Å²) in [5.41, 5.74) is -0.789. The zero-order valence-electron chi connectivity index (χ0n) is 27.9. The summed E-state index contributed by atoms with van der Waals surface area (Å²) in [4.78, 5) is 25.3. The van der Waals surface area contributed by atoms with Gasteiger partial charge in [0.2, 0.25) is 11.9 Å². The number of rotatable bonds is 13. The number of anilines is 2. The maximum Gasteiger partial charge on any atom is 0.323 e. The van der Waals surface area contributed by atoms with Gasteiger partial charge in [-0.25, -0.2) is 0 Å². The average Bonchev–Trinajstić information content (AvgIpc) is 2.87. The Balaban J connectivity index is 1.99. The minimum Gasteiger partial charge on any atom is -0.460 e. The van der Waals surface area contributed by atoms with Gasteiger partial charge < -0.3 is 20.1 Å². The second kappa shape index (κ2) is 13.2. The van der Waals surface area contributed by atoms with E-state index in [9.17, 15) is 5.11 Å². The Labute approximate surface area is 254 Å². The number of ether oxygens (including phenoxy) is 1. The lowest BCUT2D eigenvalue weighted by molar-refractivity contribution is -0.333. The monoisotopic (exact) mass is 587 g/mol. The third kappa shape index (κ3) is 8.01. The number of hydrogen-bond donors (Lipinski definition) is 2. The largest absolute Gasteiger partial charge is 0.460 e. The molecule has 0 amide bonds. The Morgan fingerprint density at radius 3 is 2.10 bits per heavy atom. The average molecular weight is 588 g/mol. The highest BCUT2D eigenvalue weighted by atomic mass is 16.8. The molecule has 2 aliphatic rings. The molecule has 2 fully saturated rings. The van der Waals surface area contributed by atoms with E-state index in [2.05, 4.69) is 103 Å². The van der Waals surface area contributed by atoms with Gasteiger partial charge >= 0.3 is 6.01 Å². The molecule has 0 aliphatic carbocycles. The molecule has 1 aromatic heterocycles. The van der Waals surface area contributed by atoms with Gasteiger partial charge in [-0.3, -0.25) is 9.74 Å². The fourth-order valence-electron chi connectivity index (χ4n) is 6.92. The molecular weight excluding hydrogens is 530 g/mol. The number of nitrogens with one attached hydrogen (secondary N) is 1. The Morgan fingerprint density at radius 1 is 0.976 bits per heavy atom. The molecule has 2 aliphatic heterocycles. The number of aromatic nitrogens is 3. The summed E-state index contributed by atoms with van der Waals surface area (Å²) in [5, 5.41) is 15.4. The minimum atomic E-state index is -1.06. The van der Waals surface area contributed by atoms with Gasteiger partial charge in [-0.1, -0.05) is 26.0 Å². The Bertz CT molecular complexity index is 1040. The van der Waals surface area contributed by atoms with E-state index in [4.69, 9.17) is 19.5 Å². The van der Waals surface area contributed by atoms with Crippen molar-refractivity contribution in [3.63, 3.8) is 0 Å². The highest BCUT2D eigenvalue weighted by molar-refractivity contribution is 5.40. The first-order valence-corrected chi connectivity index (χ1v) is 15.5. The zero-order chi connectivity index (χ0) is 31.5. The van der Waals surface area contributed by atoms with Crippen LogP contribution in [0.2, 0.25) is 0 Å². The Kier molecular flexibility index (Phi) is 10.7. The van der Waals surface area contributed by atoms with E-state index in [-0.39, 0.29) is 34.3 Å². The van der Waals surface area contributed by atoms with Crippen LogP contribution in [0.1, 0.15) is 101 Å². The maximum absolute atomic E-state index is 10.2. The van der Waals surface area contributed by atoms with Crippen LogP contribution in [0.15, 0.2) is 25.3 Å². The van der Waals surface area contributed by atoms with Crippen LogP contribution >= 0.6 is 0 Å². The lowest BCUT2D eigenvalue weighted by Crippen LogP contribution is -2.65. The maximum atomic E-state index is 10.2. The van der Waals surface area contributed by atoms with Gasteiger partial charge in [0, 0.05) is 54.1 Å². The molecule has 238 valence electrons. The number of unbranched alkanes of at least 4 members (excludes halogenated alkanes) is 1. The number of hydroxylamine groups is 2. The van der Waals surface area contributed by atoms with E-state index in [0.29, 0.717) is 24.5 Å². The van der Waals surface area contributed by atoms with Gasteiger partial charge in [-0.15, -0.1) is 6.58 Å². The molecule has 0 saturated carbocycles. The molecule has 1 unspecified atom stereocenters. The van der Waals surface area contributed by atoms with Crippen LogP contribution in [-0.2, 0) is 4.84 Å². The van der Waals surface area contributed by atoms with Crippen LogP contribution in [0.4, 0.5) is 11.9 Å². The van der Waals surface area contributed by atoms with E-state index < -0.39 is 6.29 Å². The lowest BCUT2D eigenvalue weighted by Gasteiger charge is -2.55. The van der Waals surface area contributed by atoms with Gasteiger partial charge in [0.05, 0.1) is 0 Å². The van der Waals surface area contributed by atoms with Crippen molar-refractivity contribution in [1.82, 2.24) is 24.9 Å². The Hall–Kier alpha value is -2.27. The van der Waals surface area contributed by atoms with E-state index >= 15 is 0 Å². The standard InChI is InChI=1S/C32H57N7O3/c1-13-16-18-38(23-19-31(8,9)39(32(10,11)20-23)42-25(40)15-3)27-34-26(33-17-14-2)35-28(36-27)41-24-21-29(4,5)37(12)30(6,7)22-24/h14-15,23-25,40H,2-3,13,16-22H2,1,4-12H3,(H,33,34,35,36). The SMILES string of the molecule is C=CCNc1nc(OC2CC(C)(C)N(C)C(C)(C)C2)nc(N(CCCC)C2CC(C)(C)N(OC(O)C=C)C(C)(C)C2)n1. The molecule has 2 saturated heterocycles. The third-order valence-electron chi connectivity index (χ3n) is 8.99. The van der Waals surface area contributed by atoms with Crippen molar-refractivity contribution in [2.75, 3.05) is 30.4 Å². The Morgan fingerprint density at radius 2 is 1.57 bits per heavy atom. The quantitative estimate of drug-likeness (QED) is 0.225. The number of aliphatic hydroxyl groups is 1. The number of piperidine rings is 2. The molecule has 2 N–H and O–H groups in total. The zero-order valence-corrected chi connectivity index (χ0v) is 27.9. The molecule has 3 heterocycles. The smallest absolute Gasteiger partial charge is 0.323 e. The highest BCUT2D eigenvalue weighted by Crippen LogP contribution is 2.42. The molecule has 1 atom stereocenters. The molecular formula is C32H57N7O3. The molecule has 10 nitrogen and oxygen atoms in total. The first kappa shape index (κ1) is 34.2. The van der Waals surface area contributed by atoms with Gasteiger partial charge in [-0.2, -0.15) is 20.0 Å².